The molecule has 4 heteroatoms. The van der Waals surface area contributed by atoms with E-state index in [9.17, 15) is 9.90 Å². The fourth-order valence-electron chi connectivity index (χ4n) is 1.20. The van der Waals surface area contributed by atoms with Crippen molar-refractivity contribution in [1.29, 1.82) is 5.26 Å². The molecule has 0 aliphatic heterocycles. The van der Waals surface area contributed by atoms with E-state index in [4.69, 9.17) is 5.26 Å². The highest BCUT2D eigenvalue weighted by Crippen LogP contribution is 2.14. The van der Waals surface area contributed by atoms with Gasteiger partial charge in [0.1, 0.15) is 17.4 Å². The number of aromatic hydroxyl groups is 1. The van der Waals surface area contributed by atoms with Crippen molar-refractivity contribution in [2.45, 2.75) is 0 Å². The second-order valence-corrected chi connectivity index (χ2v) is 3.50. The van der Waals surface area contributed by atoms with E-state index in [1.165, 1.54) is 18.3 Å². The van der Waals surface area contributed by atoms with Crippen molar-refractivity contribution in [2.75, 3.05) is 14.1 Å². The smallest absolute Gasteiger partial charge is 0.205 e. The molecule has 0 radical (unpaired) electrons. The standard InChI is InChI=1S/C12H12N2O2/c1-14(2)8-10(7-13)12(16)9-4-3-5-11(15)6-9/h3-6,8,15H,1-2H3. The van der Waals surface area contributed by atoms with Gasteiger partial charge in [-0.05, 0) is 12.1 Å². The molecule has 0 atom stereocenters. The van der Waals surface area contributed by atoms with Crippen LogP contribution in [0.4, 0.5) is 0 Å². The summed E-state index contributed by atoms with van der Waals surface area (Å²) in [7, 11) is 3.46. The molecule has 16 heavy (non-hydrogen) atoms. The third kappa shape index (κ3) is 2.85. The fraction of sp³-hybridized carbons (Fsp3) is 0.167. The second-order valence-electron chi connectivity index (χ2n) is 3.50. The summed E-state index contributed by atoms with van der Waals surface area (Å²) >= 11 is 0. The van der Waals surface area contributed by atoms with Crippen LogP contribution >= 0.6 is 0 Å². The number of hydrogen-bond donors (Lipinski definition) is 1. The first-order chi connectivity index (χ1) is 7.54. The van der Waals surface area contributed by atoms with E-state index in [0.717, 1.165) is 0 Å². The molecule has 0 spiro atoms. The normalized spacial score (nSPS) is 10.7. The number of phenols is 1. The number of carbonyl (C=O) groups is 1. The maximum atomic E-state index is 11.8. The van der Waals surface area contributed by atoms with Crippen molar-refractivity contribution in [2.24, 2.45) is 0 Å². The summed E-state index contributed by atoms with van der Waals surface area (Å²) in [5.41, 5.74) is 0.338. The predicted molar refractivity (Wildman–Crippen MR) is 59.8 cm³/mol. The lowest BCUT2D eigenvalue weighted by Crippen LogP contribution is -2.08. The number of benzene rings is 1. The highest BCUT2D eigenvalue weighted by atomic mass is 16.3. The van der Waals surface area contributed by atoms with Crippen molar-refractivity contribution >= 4 is 5.78 Å². The molecule has 1 rings (SSSR count). The molecular weight excluding hydrogens is 204 g/mol. The van der Waals surface area contributed by atoms with Gasteiger partial charge in [-0.15, -0.1) is 0 Å². The van der Waals surface area contributed by atoms with Gasteiger partial charge in [0, 0.05) is 25.9 Å². The summed E-state index contributed by atoms with van der Waals surface area (Å²) in [4.78, 5) is 13.5. The Morgan fingerprint density at radius 3 is 2.69 bits per heavy atom. The first kappa shape index (κ1) is 11.8. The third-order valence-corrected chi connectivity index (χ3v) is 1.86. The van der Waals surface area contributed by atoms with E-state index in [1.807, 2.05) is 6.07 Å². The lowest BCUT2D eigenvalue weighted by atomic mass is 10.0. The van der Waals surface area contributed by atoms with E-state index in [-0.39, 0.29) is 11.3 Å². The molecule has 0 saturated heterocycles. The number of rotatable bonds is 3. The SMILES string of the molecule is CN(C)C=C(C#N)C(=O)c1cccc(O)c1. The van der Waals surface area contributed by atoms with Crippen molar-refractivity contribution < 1.29 is 9.90 Å². The third-order valence-electron chi connectivity index (χ3n) is 1.86. The van der Waals surface area contributed by atoms with Crippen LogP contribution < -0.4 is 0 Å². The Kier molecular flexibility index (Phi) is 3.67. The van der Waals surface area contributed by atoms with Gasteiger partial charge in [0.05, 0.1) is 0 Å². The van der Waals surface area contributed by atoms with Crippen LogP contribution in [0.15, 0.2) is 36.0 Å². The second kappa shape index (κ2) is 4.99. The summed E-state index contributed by atoms with van der Waals surface area (Å²) in [6, 6.07) is 7.77. The molecule has 0 fully saturated rings. The van der Waals surface area contributed by atoms with Gasteiger partial charge in [0.2, 0.25) is 5.78 Å². The van der Waals surface area contributed by atoms with Crippen LogP contribution in [0.3, 0.4) is 0 Å². The molecule has 0 bridgehead atoms. The first-order valence-electron chi connectivity index (χ1n) is 4.66. The quantitative estimate of drug-likeness (QED) is 0.473. The summed E-state index contributed by atoms with van der Waals surface area (Å²) < 4.78 is 0. The predicted octanol–water partition coefficient (Wildman–Crippen LogP) is 1.54. The van der Waals surface area contributed by atoms with Crippen LogP contribution in [0, 0.1) is 11.3 Å². The average molecular weight is 216 g/mol. The number of carbonyl (C=O) groups excluding carboxylic acids is 1. The van der Waals surface area contributed by atoms with Crippen LogP contribution in [0.25, 0.3) is 0 Å². The zero-order valence-corrected chi connectivity index (χ0v) is 9.14. The number of allylic oxidation sites excluding steroid dienone is 1. The van der Waals surface area contributed by atoms with Gasteiger partial charge in [-0.2, -0.15) is 5.26 Å². The molecule has 82 valence electrons. The first-order valence-corrected chi connectivity index (χ1v) is 4.66. The largest absolute Gasteiger partial charge is 0.508 e. The Morgan fingerprint density at radius 2 is 2.19 bits per heavy atom. The molecule has 1 N–H and O–H groups in total. The van der Waals surface area contributed by atoms with E-state index < -0.39 is 5.78 Å². The minimum Gasteiger partial charge on any atom is -0.508 e. The van der Waals surface area contributed by atoms with Crippen LogP contribution in [-0.2, 0) is 0 Å². The molecule has 0 heterocycles. The Hall–Kier alpha value is -2.28. The summed E-state index contributed by atoms with van der Waals surface area (Å²) in [6.07, 6.45) is 1.45. The number of phenolic OH excluding ortho intramolecular Hbond substituents is 1. The topological polar surface area (TPSA) is 64.3 Å². The average Bonchev–Trinajstić information content (AvgIpc) is 2.24. The van der Waals surface area contributed by atoms with E-state index >= 15 is 0 Å². The number of nitrogens with zero attached hydrogens (tertiary/aromatic N) is 2. The lowest BCUT2D eigenvalue weighted by Gasteiger charge is -2.06. The minimum absolute atomic E-state index is 0.00740. The van der Waals surface area contributed by atoms with Gasteiger partial charge < -0.3 is 10.0 Å². The molecule has 0 unspecified atom stereocenters. The van der Waals surface area contributed by atoms with Crippen molar-refractivity contribution in [3.63, 3.8) is 0 Å². The maximum Gasteiger partial charge on any atom is 0.205 e. The highest BCUT2D eigenvalue weighted by Gasteiger charge is 2.12. The molecule has 0 saturated carbocycles. The van der Waals surface area contributed by atoms with Crippen molar-refractivity contribution in [1.82, 2.24) is 4.90 Å². The molecule has 4 nitrogen and oxygen atoms in total. The molecule has 0 aliphatic rings. The molecule has 1 aromatic carbocycles. The Labute approximate surface area is 94.0 Å². The van der Waals surface area contributed by atoms with Gasteiger partial charge in [0.25, 0.3) is 0 Å². The van der Waals surface area contributed by atoms with E-state index in [1.54, 1.807) is 31.1 Å². The number of ketones is 1. The van der Waals surface area contributed by atoms with E-state index in [2.05, 4.69) is 0 Å². The summed E-state index contributed by atoms with van der Waals surface area (Å²) in [6.45, 7) is 0. The number of Topliss-reactive ketones (excluding diaryl/α,β-unsaturated/α-hetero) is 1. The monoisotopic (exact) mass is 216 g/mol. The Balaban J connectivity index is 3.07. The van der Waals surface area contributed by atoms with Crippen LogP contribution in [-0.4, -0.2) is 29.9 Å². The van der Waals surface area contributed by atoms with Crippen molar-refractivity contribution in [3.05, 3.63) is 41.6 Å². The summed E-state index contributed by atoms with van der Waals surface area (Å²) in [5, 5.41) is 18.1. The van der Waals surface area contributed by atoms with Crippen LogP contribution in [0.1, 0.15) is 10.4 Å². The van der Waals surface area contributed by atoms with Crippen LogP contribution in [0.5, 0.6) is 5.75 Å². The molecular formula is C12H12N2O2. The lowest BCUT2D eigenvalue weighted by molar-refractivity contribution is 0.103. The van der Waals surface area contributed by atoms with Crippen molar-refractivity contribution in [3.8, 4) is 11.8 Å². The highest BCUT2D eigenvalue weighted by molar-refractivity contribution is 6.11. The van der Waals surface area contributed by atoms with Crippen LogP contribution in [0.2, 0.25) is 0 Å². The van der Waals surface area contributed by atoms with Gasteiger partial charge in [-0.3, -0.25) is 4.79 Å². The number of hydrogen-bond acceptors (Lipinski definition) is 4. The maximum absolute atomic E-state index is 11.8. The minimum atomic E-state index is -0.396. The summed E-state index contributed by atoms with van der Waals surface area (Å²) in [5.74, 6) is -0.389. The fourth-order valence-corrected chi connectivity index (χ4v) is 1.20. The van der Waals surface area contributed by atoms with Gasteiger partial charge in [-0.25, -0.2) is 0 Å². The molecule has 0 aromatic heterocycles. The zero-order chi connectivity index (χ0) is 12.1. The Bertz CT molecular complexity index is 470. The van der Waals surface area contributed by atoms with Gasteiger partial charge >= 0.3 is 0 Å². The Morgan fingerprint density at radius 1 is 1.50 bits per heavy atom. The zero-order valence-electron chi connectivity index (χ0n) is 9.14. The van der Waals surface area contributed by atoms with Gasteiger partial charge in [-0.1, -0.05) is 12.1 Å². The molecule has 0 amide bonds. The number of nitriles is 1. The van der Waals surface area contributed by atoms with E-state index in [0.29, 0.717) is 5.56 Å². The van der Waals surface area contributed by atoms with Gasteiger partial charge in [0.15, 0.2) is 0 Å². The molecule has 1 aromatic rings. The molecule has 0 aliphatic carbocycles.